The highest BCUT2D eigenvalue weighted by Crippen LogP contribution is 2.24. The molecule has 24 heavy (non-hydrogen) atoms. The minimum atomic E-state index is -4.68. The molecule has 8 nitrogen and oxygen atoms in total. The maximum absolute atomic E-state index is 12.2. The number of aromatic hydroxyl groups is 1. The van der Waals surface area contributed by atoms with Gasteiger partial charge in [-0.25, -0.2) is 0 Å². The molecule has 0 saturated carbocycles. The van der Waals surface area contributed by atoms with Crippen LogP contribution in [-0.4, -0.2) is 23.9 Å². The Hall–Kier alpha value is -3.13. The topological polar surface area (TPSA) is 140 Å². The summed E-state index contributed by atoms with van der Waals surface area (Å²) in [4.78, 5) is 14.1. The molecular weight excluding hydrogens is 334 g/mol. The van der Waals surface area contributed by atoms with Crippen LogP contribution in [0.3, 0.4) is 0 Å². The van der Waals surface area contributed by atoms with Crippen molar-refractivity contribution in [3.63, 3.8) is 0 Å². The first kappa shape index (κ1) is 17.2. The number of carbonyl (C=O) groups is 1. The van der Waals surface area contributed by atoms with E-state index in [-0.39, 0.29) is 17.0 Å². The number of rotatable bonds is 5. The predicted molar refractivity (Wildman–Crippen MR) is 86.5 cm³/mol. The minimum Gasteiger partial charge on any atom is -0.508 e. The molecule has 0 unspecified atom stereocenters. The number of azide groups is 1. The second-order valence-corrected chi connectivity index (χ2v) is 6.02. The van der Waals surface area contributed by atoms with Gasteiger partial charge in [-0.05, 0) is 41.4 Å². The molecule has 0 radical (unpaired) electrons. The molecule has 2 N–H and O–H groups in total. The highest BCUT2D eigenvalue weighted by atomic mass is 32.2. The summed E-state index contributed by atoms with van der Waals surface area (Å²) in [5.74, 6) is -0.594. The summed E-state index contributed by atoms with van der Waals surface area (Å²) in [6.45, 7) is 0. The zero-order chi connectivity index (χ0) is 17.7. The van der Waals surface area contributed by atoms with E-state index in [2.05, 4.69) is 10.0 Å². The van der Waals surface area contributed by atoms with E-state index in [0.717, 1.165) is 18.2 Å². The molecule has 0 saturated heterocycles. The Kier molecular flexibility index (Phi) is 5.00. The SMILES string of the molecule is [N-]=[N+]=Nc1ccc(C(=O)/C=C/c2ccc(O)cc2)c(S(=O)(=O)O)c1. The lowest BCUT2D eigenvalue weighted by Crippen LogP contribution is -2.06. The van der Waals surface area contributed by atoms with E-state index in [9.17, 15) is 22.9 Å². The van der Waals surface area contributed by atoms with Crippen LogP contribution in [-0.2, 0) is 10.1 Å². The van der Waals surface area contributed by atoms with Gasteiger partial charge in [-0.15, -0.1) is 0 Å². The molecule has 0 amide bonds. The summed E-state index contributed by atoms with van der Waals surface area (Å²) in [6.07, 6.45) is 2.56. The summed E-state index contributed by atoms with van der Waals surface area (Å²) in [5, 5.41) is 12.4. The Balaban J connectivity index is 2.41. The molecule has 0 atom stereocenters. The number of allylic oxidation sites excluding steroid dienone is 1. The van der Waals surface area contributed by atoms with E-state index >= 15 is 0 Å². The smallest absolute Gasteiger partial charge is 0.295 e. The largest absolute Gasteiger partial charge is 0.508 e. The zero-order valence-electron chi connectivity index (χ0n) is 12.1. The lowest BCUT2D eigenvalue weighted by molar-refractivity contribution is 0.104. The molecule has 9 heteroatoms. The van der Waals surface area contributed by atoms with Crippen molar-refractivity contribution in [2.45, 2.75) is 4.90 Å². The maximum atomic E-state index is 12.2. The number of carbonyl (C=O) groups excluding carboxylic acids is 1. The quantitative estimate of drug-likeness (QED) is 0.213. The van der Waals surface area contributed by atoms with E-state index in [4.69, 9.17) is 5.53 Å². The number of ketones is 1. The van der Waals surface area contributed by atoms with Gasteiger partial charge in [0, 0.05) is 16.2 Å². The molecule has 0 bridgehead atoms. The summed E-state index contributed by atoms with van der Waals surface area (Å²) in [6, 6.07) is 9.31. The molecule has 0 aliphatic heterocycles. The maximum Gasteiger partial charge on any atom is 0.295 e. The number of phenolic OH excluding ortho intramolecular Hbond substituents is 1. The monoisotopic (exact) mass is 345 g/mol. The second-order valence-electron chi connectivity index (χ2n) is 4.63. The number of hydrogen-bond acceptors (Lipinski definition) is 5. The average Bonchev–Trinajstić information content (AvgIpc) is 2.53. The molecule has 0 fully saturated rings. The third-order valence-electron chi connectivity index (χ3n) is 2.99. The fraction of sp³-hybridized carbons (Fsp3) is 0. The van der Waals surface area contributed by atoms with Gasteiger partial charge in [0.2, 0.25) is 0 Å². The number of phenols is 1. The second kappa shape index (κ2) is 6.97. The molecule has 122 valence electrons. The molecule has 0 aliphatic carbocycles. The van der Waals surface area contributed by atoms with E-state index in [1.54, 1.807) is 12.1 Å². The Bertz CT molecular complexity index is 959. The fourth-order valence-electron chi connectivity index (χ4n) is 1.89. The van der Waals surface area contributed by atoms with Crippen LogP contribution >= 0.6 is 0 Å². The van der Waals surface area contributed by atoms with Crippen LogP contribution in [0.1, 0.15) is 15.9 Å². The van der Waals surface area contributed by atoms with Gasteiger partial charge in [-0.3, -0.25) is 9.35 Å². The molecular formula is C15H11N3O5S. The standard InChI is InChI=1S/C15H11N3O5S/c16-18-17-11-4-7-13(15(9-11)24(21,22)23)14(20)8-3-10-1-5-12(19)6-2-10/h1-9,19H,(H,21,22,23)/b8-3+. The summed E-state index contributed by atoms with van der Waals surface area (Å²) in [5.41, 5.74) is 8.67. The van der Waals surface area contributed by atoms with Gasteiger partial charge in [0.25, 0.3) is 10.1 Å². The average molecular weight is 345 g/mol. The van der Waals surface area contributed by atoms with Crippen molar-refractivity contribution in [2.24, 2.45) is 5.11 Å². The molecule has 2 aromatic rings. The van der Waals surface area contributed by atoms with Crippen molar-refractivity contribution < 1.29 is 22.9 Å². The lowest BCUT2D eigenvalue weighted by Gasteiger charge is -2.05. The van der Waals surface area contributed by atoms with Crippen molar-refractivity contribution >= 4 is 27.7 Å². The van der Waals surface area contributed by atoms with Crippen molar-refractivity contribution in [2.75, 3.05) is 0 Å². The van der Waals surface area contributed by atoms with Crippen molar-refractivity contribution in [3.8, 4) is 5.75 Å². The molecule has 2 aromatic carbocycles. The fourth-order valence-corrected chi connectivity index (χ4v) is 2.61. The van der Waals surface area contributed by atoms with Gasteiger partial charge in [-0.1, -0.05) is 29.4 Å². The first-order valence-electron chi connectivity index (χ1n) is 6.49. The van der Waals surface area contributed by atoms with Crippen molar-refractivity contribution in [1.29, 1.82) is 0 Å². The highest BCUT2D eigenvalue weighted by molar-refractivity contribution is 7.86. The summed E-state index contributed by atoms with van der Waals surface area (Å²) >= 11 is 0. The number of benzene rings is 2. The van der Waals surface area contributed by atoms with Crippen molar-refractivity contribution in [1.82, 2.24) is 0 Å². The Morgan fingerprint density at radius 1 is 1.17 bits per heavy atom. The van der Waals surface area contributed by atoms with Crippen LogP contribution in [0.25, 0.3) is 16.5 Å². The van der Waals surface area contributed by atoms with Crippen LogP contribution in [0.5, 0.6) is 5.75 Å². The van der Waals surface area contributed by atoms with Crippen LogP contribution in [0.2, 0.25) is 0 Å². The van der Waals surface area contributed by atoms with Gasteiger partial charge in [-0.2, -0.15) is 8.42 Å². The van der Waals surface area contributed by atoms with Gasteiger partial charge in [0.1, 0.15) is 10.6 Å². The van der Waals surface area contributed by atoms with Crippen LogP contribution in [0.15, 0.2) is 58.6 Å². The van der Waals surface area contributed by atoms with E-state index < -0.39 is 20.8 Å². The minimum absolute atomic E-state index is 0.0517. The van der Waals surface area contributed by atoms with Gasteiger partial charge in [0.05, 0.1) is 0 Å². The predicted octanol–water partition coefficient (Wildman–Crippen LogP) is 3.48. The lowest BCUT2D eigenvalue weighted by atomic mass is 10.1. The Morgan fingerprint density at radius 3 is 2.42 bits per heavy atom. The molecule has 0 spiro atoms. The molecule has 0 aromatic heterocycles. The third kappa shape index (κ3) is 4.20. The molecule has 2 rings (SSSR count). The van der Waals surface area contributed by atoms with Crippen LogP contribution in [0.4, 0.5) is 5.69 Å². The normalized spacial score (nSPS) is 11.2. The number of nitrogens with zero attached hydrogens (tertiary/aromatic N) is 3. The summed E-state index contributed by atoms with van der Waals surface area (Å²) in [7, 11) is -4.68. The van der Waals surface area contributed by atoms with Crippen molar-refractivity contribution in [3.05, 3.63) is 70.1 Å². The Labute approximate surface area is 137 Å². The van der Waals surface area contributed by atoms with Gasteiger partial charge in [0.15, 0.2) is 5.78 Å². The van der Waals surface area contributed by atoms with Gasteiger partial charge >= 0.3 is 0 Å². The summed E-state index contributed by atoms with van der Waals surface area (Å²) < 4.78 is 32.1. The van der Waals surface area contributed by atoms with Crippen LogP contribution < -0.4 is 0 Å². The Morgan fingerprint density at radius 2 is 1.83 bits per heavy atom. The van der Waals surface area contributed by atoms with E-state index in [1.165, 1.54) is 24.3 Å². The van der Waals surface area contributed by atoms with E-state index in [1.807, 2.05) is 0 Å². The molecule has 0 heterocycles. The first-order valence-corrected chi connectivity index (χ1v) is 7.93. The van der Waals surface area contributed by atoms with Crippen LogP contribution in [0, 0.1) is 0 Å². The highest BCUT2D eigenvalue weighted by Gasteiger charge is 2.19. The molecule has 0 aliphatic rings. The first-order chi connectivity index (χ1) is 11.3. The van der Waals surface area contributed by atoms with E-state index in [0.29, 0.717) is 5.56 Å². The van der Waals surface area contributed by atoms with Gasteiger partial charge < -0.3 is 5.11 Å². The zero-order valence-corrected chi connectivity index (χ0v) is 12.9. The number of hydrogen-bond donors (Lipinski definition) is 2. The third-order valence-corrected chi connectivity index (χ3v) is 3.88.